The molecule has 0 saturated heterocycles. The van der Waals surface area contributed by atoms with Gasteiger partial charge in [0.2, 0.25) is 0 Å². The van der Waals surface area contributed by atoms with E-state index in [1.54, 1.807) is 0 Å². The van der Waals surface area contributed by atoms with E-state index in [1.807, 2.05) is 72.9 Å². The molecule has 0 rings (SSSR count). The summed E-state index contributed by atoms with van der Waals surface area (Å²) in [6.45, 7) is 6.24. The molecule has 0 bridgehead atoms. The summed E-state index contributed by atoms with van der Waals surface area (Å²) in [6, 6.07) is 0. The van der Waals surface area contributed by atoms with Crippen LogP contribution in [0.4, 0.5) is 0 Å². The zero-order valence-corrected chi connectivity index (χ0v) is 46.3. The summed E-state index contributed by atoms with van der Waals surface area (Å²) in [5.41, 5.74) is 0. The van der Waals surface area contributed by atoms with Crippen molar-refractivity contribution in [1.29, 1.82) is 0 Å². The molecular formula is C67H102O6. The standard InChI is InChI=1S/C67H102O6/c1-4-7-10-13-16-19-22-25-28-31-33-36-39-42-45-48-51-54-57-60-66(69)72-63-64(62-71-65(68)59-56-53-50-47-44-41-38-35-30-27-24-21-18-15-12-9-6-3)73-67(70)61-58-55-52-49-46-43-40-37-34-32-29-26-23-20-17-14-11-8-5-2/h7,9-10,12-13,16-23,25-28,30-31,33,36,38-39,41-42,45,47,50,64H,4-6,8,11,14-15,24,29,32,34-35,37,40,43-44,46,48-49,51-63H2,1-3H3/b10-7-,12-9-,16-13-,20-17-,21-18-,22-19-,26-23-,28-25-,30-27-,33-31+,39-36-,41-38-,45-42-,50-47-. The van der Waals surface area contributed by atoms with Gasteiger partial charge in [0.05, 0.1) is 0 Å². The predicted octanol–water partition coefficient (Wildman–Crippen LogP) is 19.5. The van der Waals surface area contributed by atoms with Crippen molar-refractivity contribution in [2.24, 2.45) is 0 Å². The van der Waals surface area contributed by atoms with Crippen LogP contribution in [0.2, 0.25) is 0 Å². The number of esters is 3. The Balaban J connectivity index is 4.61. The van der Waals surface area contributed by atoms with Crippen LogP contribution in [0, 0.1) is 0 Å². The number of ether oxygens (including phenoxy) is 3. The highest BCUT2D eigenvalue weighted by Crippen LogP contribution is 2.14. The van der Waals surface area contributed by atoms with Crippen molar-refractivity contribution in [2.75, 3.05) is 13.2 Å². The normalized spacial score (nSPS) is 13.4. The van der Waals surface area contributed by atoms with Crippen molar-refractivity contribution < 1.29 is 28.6 Å². The minimum Gasteiger partial charge on any atom is -0.462 e. The van der Waals surface area contributed by atoms with Crippen LogP contribution in [0.1, 0.15) is 213 Å². The third-order valence-electron chi connectivity index (χ3n) is 11.4. The minimum absolute atomic E-state index is 0.130. The first-order valence-corrected chi connectivity index (χ1v) is 28.8. The summed E-state index contributed by atoms with van der Waals surface area (Å²) in [6.07, 6.45) is 87.7. The fourth-order valence-electron chi connectivity index (χ4n) is 7.16. The Morgan fingerprint density at radius 1 is 0.301 bits per heavy atom. The average Bonchev–Trinajstić information content (AvgIpc) is 3.39. The topological polar surface area (TPSA) is 78.9 Å². The van der Waals surface area contributed by atoms with Crippen molar-refractivity contribution >= 4 is 17.9 Å². The molecule has 1 unspecified atom stereocenters. The van der Waals surface area contributed by atoms with E-state index in [-0.39, 0.29) is 44.0 Å². The molecule has 0 amide bonds. The molecule has 73 heavy (non-hydrogen) atoms. The Bertz CT molecular complexity index is 1720. The Kier molecular flexibility index (Phi) is 55.1. The second-order valence-electron chi connectivity index (χ2n) is 18.3. The van der Waals surface area contributed by atoms with Crippen LogP contribution < -0.4 is 0 Å². The van der Waals surface area contributed by atoms with E-state index < -0.39 is 6.10 Å². The molecule has 0 radical (unpaired) electrons. The van der Waals surface area contributed by atoms with Crippen LogP contribution in [0.5, 0.6) is 0 Å². The molecule has 6 heteroatoms. The third kappa shape index (κ3) is 57.5. The van der Waals surface area contributed by atoms with Crippen LogP contribution in [-0.4, -0.2) is 37.2 Å². The molecule has 1 atom stereocenters. The van der Waals surface area contributed by atoms with Crippen LogP contribution in [0.15, 0.2) is 170 Å². The number of carbonyl (C=O) groups excluding carboxylic acids is 3. The highest BCUT2D eigenvalue weighted by atomic mass is 16.6. The molecule has 0 heterocycles. The summed E-state index contributed by atoms with van der Waals surface area (Å²) in [7, 11) is 0. The zero-order valence-electron chi connectivity index (χ0n) is 46.3. The summed E-state index contributed by atoms with van der Waals surface area (Å²) in [4.78, 5) is 38.2. The number of hydrogen-bond donors (Lipinski definition) is 0. The second-order valence-corrected chi connectivity index (χ2v) is 18.3. The lowest BCUT2D eigenvalue weighted by atomic mass is 10.1. The Morgan fingerprint density at radius 3 is 1.07 bits per heavy atom. The molecule has 0 N–H and O–H groups in total. The molecule has 0 aliphatic rings. The van der Waals surface area contributed by atoms with Gasteiger partial charge in [0.15, 0.2) is 6.10 Å². The first kappa shape index (κ1) is 67.8. The second kappa shape index (κ2) is 59.3. The van der Waals surface area contributed by atoms with Crippen molar-refractivity contribution in [3.8, 4) is 0 Å². The summed E-state index contributed by atoms with van der Waals surface area (Å²) in [5.74, 6) is -1.04. The van der Waals surface area contributed by atoms with Crippen LogP contribution >= 0.6 is 0 Å². The van der Waals surface area contributed by atoms with E-state index >= 15 is 0 Å². The van der Waals surface area contributed by atoms with E-state index in [4.69, 9.17) is 14.2 Å². The fourth-order valence-corrected chi connectivity index (χ4v) is 7.16. The number of allylic oxidation sites excluding steroid dienone is 28. The van der Waals surface area contributed by atoms with Gasteiger partial charge in [0.1, 0.15) is 13.2 Å². The number of hydrogen-bond acceptors (Lipinski definition) is 6. The Labute approximate surface area is 447 Å². The molecule has 6 nitrogen and oxygen atoms in total. The highest BCUT2D eigenvalue weighted by molar-refractivity contribution is 5.71. The van der Waals surface area contributed by atoms with Crippen molar-refractivity contribution in [2.45, 2.75) is 219 Å². The number of carbonyl (C=O) groups is 3. The van der Waals surface area contributed by atoms with Gasteiger partial charge in [-0.1, -0.05) is 262 Å². The first-order valence-electron chi connectivity index (χ1n) is 28.8. The summed E-state index contributed by atoms with van der Waals surface area (Å²) >= 11 is 0. The lowest BCUT2D eigenvalue weighted by Crippen LogP contribution is -2.30. The number of rotatable bonds is 49. The van der Waals surface area contributed by atoms with Gasteiger partial charge in [-0.15, -0.1) is 0 Å². The van der Waals surface area contributed by atoms with Crippen LogP contribution in [0.25, 0.3) is 0 Å². The molecule has 0 aliphatic heterocycles. The van der Waals surface area contributed by atoms with Crippen molar-refractivity contribution in [3.05, 3.63) is 170 Å². The van der Waals surface area contributed by atoms with Gasteiger partial charge >= 0.3 is 17.9 Å². The van der Waals surface area contributed by atoms with Gasteiger partial charge in [-0.25, -0.2) is 0 Å². The van der Waals surface area contributed by atoms with E-state index in [1.165, 1.54) is 70.6 Å². The van der Waals surface area contributed by atoms with Crippen molar-refractivity contribution in [1.82, 2.24) is 0 Å². The highest BCUT2D eigenvalue weighted by Gasteiger charge is 2.19. The Hall–Kier alpha value is -5.23. The van der Waals surface area contributed by atoms with E-state index in [9.17, 15) is 14.4 Å². The fraction of sp³-hybridized carbons (Fsp3) is 0.537. The first-order chi connectivity index (χ1) is 36.0. The Morgan fingerprint density at radius 2 is 0.616 bits per heavy atom. The van der Waals surface area contributed by atoms with Crippen LogP contribution in [0.3, 0.4) is 0 Å². The maximum atomic E-state index is 12.9. The van der Waals surface area contributed by atoms with E-state index in [0.717, 1.165) is 89.9 Å². The third-order valence-corrected chi connectivity index (χ3v) is 11.4. The molecule has 0 fully saturated rings. The smallest absolute Gasteiger partial charge is 0.306 e. The van der Waals surface area contributed by atoms with Crippen LogP contribution in [-0.2, 0) is 28.6 Å². The van der Waals surface area contributed by atoms with Crippen molar-refractivity contribution in [3.63, 3.8) is 0 Å². The van der Waals surface area contributed by atoms with Gasteiger partial charge in [-0.05, 0) is 103 Å². The molecule has 0 saturated carbocycles. The monoisotopic (exact) mass is 1000 g/mol. The maximum absolute atomic E-state index is 12.9. The van der Waals surface area contributed by atoms with Gasteiger partial charge in [0, 0.05) is 19.3 Å². The molecule has 0 aromatic heterocycles. The maximum Gasteiger partial charge on any atom is 0.306 e. The number of unbranched alkanes of at least 4 members (excludes halogenated alkanes) is 17. The van der Waals surface area contributed by atoms with Gasteiger partial charge in [0.25, 0.3) is 0 Å². The zero-order chi connectivity index (χ0) is 52.9. The van der Waals surface area contributed by atoms with E-state index in [0.29, 0.717) is 19.3 Å². The van der Waals surface area contributed by atoms with Gasteiger partial charge < -0.3 is 14.2 Å². The molecule has 0 spiro atoms. The SMILES string of the molecule is CC\C=C/C=C\C=C/C=C\C=C\C=C/C=C\CCCCCC(=O)OCC(COC(=O)CCC/C=C\C/C=C\C/C=C\C/C=C\C/C=C\CC)OC(=O)CCCCCCCCCCCC/C=C\C=C/CCCCC. The summed E-state index contributed by atoms with van der Waals surface area (Å²) < 4.78 is 16.8. The molecular weight excluding hydrogens is 901 g/mol. The largest absolute Gasteiger partial charge is 0.462 e. The van der Waals surface area contributed by atoms with Gasteiger partial charge in [-0.2, -0.15) is 0 Å². The minimum atomic E-state index is -0.833. The summed E-state index contributed by atoms with van der Waals surface area (Å²) in [5, 5.41) is 0. The quantitative estimate of drug-likeness (QED) is 0.0199. The average molecular weight is 1000 g/mol. The molecule has 0 aromatic rings. The predicted molar refractivity (Wildman–Crippen MR) is 315 cm³/mol. The molecule has 0 aliphatic carbocycles. The lowest BCUT2D eigenvalue weighted by molar-refractivity contribution is -0.167. The van der Waals surface area contributed by atoms with Gasteiger partial charge in [-0.3, -0.25) is 14.4 Å². The molecule has 0 aromatic carbocycles. The molecule has 406 valence electrons. The van der Waals surface area contributed by atoms with E-state index in [2.05, 4.69) is 118 Å². The lowest BCUT2D eigenvalue weighted by Gasteiger charge is -2.18.